The van der Waals surface area contributed by atoms with Crippen molar-refractivity contribution < 1.29 is 0 Å². The van der Waals surface area contributed by atoms with E-state index in [2.05, 4.69) is 29.2 Å². The van der Waals surface area contributed by atoms with Crippen molar-refractivity contribution >= 4 is 0 Å². The SMILES string of the molecule is CCCn1ncnc1CCCC(C)NC. The molecule has 0 aliphatic carbocycles. The van der Waals surface area contributed by atoms with Gasteiger partial charge in [-0.25, -0.2) is 4.98 Å². The summed E-state index contributed by atoms with van der Waals surface area (Å²) in [7, 11) is 2.00. The summed E-state index contributed by atoms with van der Waals surface area (Å²) >= 11 is 0. The Labute approximate surface area is 92.1 Å². The van der Waals surface area contributed by atoms with Gasteiger partial charge in [0.2, 0.25) is 0 Å². The van der Waals surface area contributed by atoms with E-state index in [0.717, 1.165) is 25.2 Å². The Morgan fingerprint density at radius 2 is 2.33 bits per heavy atom. The van der Waals surface area contributed by atoms with Gasteiger partial charge in [-0.15, -0.1) is 0 Å². The van der Waals surface area contributed by atoms with Crippen LogP contribution in [0.5, 0.6) is 0 Å². The summed E-state index contributed by atoms with van der Waals surface area (Å²) < 4.78 is 2.02. The van der Waals surface area contributed by atoms with Crippen molar-refractivity contribution in [1.29, 1.82) is 0 Å². The molecule has 0 aromatic carbocycles. The van der Waals surface area contributed by atoms with Crippen molar-refractivity contribution in [2.24, 2.45) is 0 Å². The lowest BCUT2D eigenvalue weighted by Gasteiger charge is -2.09. The number of hydrogen-bond donors (Lipinski definition) is 1. The molecule has 1 unspecified atom stereocenters. The fourth-order valence-electron chi connectivity index (χ4n) is 1.59. The molecule has 86 valence electrons. The minimum atomic E-state index is 0.590. The van der Waals surface area contributed by atoms with E-state index >= 15 is 0 Å². The normalized spacial score (nSPS) is 13.0. The first-order valence-electron chi connectivity index (χ1n) is 5.81. The van der Waals surface area contributed by atoms with Crippen LogP contribution in [0.25, 0.3) is 0 Å². The molecule has 1 heterocycles. The first-order valence-corrected chi connectivity index (χ1v) is 5.81. The average molecular weight is 210 g/mol. The number of nitrogens with zero attached hydrogens (tertiary/aromatic N) is 3. The van der Waals surface area contributed by atoms with E-state index in [9.17, 15) is 0 Å². The Hall–Kier alpha value is -0.900. The molecule has 0 aliphatic heterocycles. The van der Waals surface area contributed by atoms with Crippen LogP contribution < -0.4 is 5.32 Å². The van der Waals surface area contributed by atoms with Crippen LogP contribution in [-0.4, -0.2) is 27.9 Å². The van der Waals surface area contributed by atoms with Gasteiger partial charge in [-0.05, 0) is 33.2 Å². The fraction of sp³-hybridized carbons (Fsp3) is 0.818. The molecule has 1 N–H and O–H groups in total. The van der Waals surface area contributed by atoms with E-state index in [0.29, 0.717) is 6.04 Å². The zero-order valence-electron chi connectivity index (χ0n) is 10.0. The fourth-order valence-corrected chi connectivity index (χ4v) is 1.59. The van der Waals surface area contributed by atoms with Crippen molar-refractivity contribution in [2.45, 2.75) is 52.1 Å². The largest absolute Gasteiger partial charge is 0.317 e. The van der Waals surface area contributed by atoms with Gasteiger partial charge in [0.15, 0.2) is 0 Å². The molecule has 1 aromatic heterocycles. The summed E-state index contributed by atoms with van der Waals surface area (Å²) in [5.74, 6) is 1.13. The molecule has 1 atom stereocenters. The molecule has 1 rings (SSSR count). The van der Waals surface area contributed by atoms with Gasteiger partial charge in [0.05, 0.1) is 0 Å². The van der Waals surface area contributed by atoms with E-state index in [4.69, 9.17) is 0 Å². The highest BCUT2D eigenvalue weighted by atomic mass is 15.3. The Kier molecular flexibility index (Phi) is 5.32. The second-order valence-electron chi connectivity index (χ2n) is 3.98. The van der Waals surface area contributed by atoms with E-state index in [1.165, 1.54) is 12.8 Å². The van der Waals surface area contributed by atoms with Crippen LogP contribution in [0.4, 0.5) is 0 Å². The zero-order valence-corrected chi connectivity index (χ0v) is 10.0. The zero-order chi connectivity index (χ0) is 11.1. The number of hydrogen-bond acceptors (Lipinski definition) is 3. The summed E-state index contributed by atoms with van der Waals surface area (Å²) in [6.07, 6.45) is 6.17. The van der Waals surface area contributed by atoms with Crippen LogP contribution in [0.1, 0.15) is 38.9 Å². The van der Waals surface area contributed by atoms with Crippen LogP contribution >= 0.6 is 0 Å². The third-order valence-corrected chi connectivity index (χ3v) is 2.66. The van der Waals surface area contributed by atoms with E-state index in [1.54, 1.807) is 6.33 Å². The molecule has 0 fully saturated rings. The van der Waals surface area contributed by atoms with Crippen LogP contribution in [0.2, 0.25) is 0 Å². The number of rotatable bonds is 7. The second-order valence-corrected chi connectivity index (χ2v) is 3.98. The number of nitrogens with one attached hydrogen (secondary N) is 1. The van der Waals surface area contributed by atoms with Crippen molar-refractivity contribution in [3.05, 3.63) is 12.2 Å². The summed E-state index contributed by atoms with van der Waals surface area (Å²) in [4.78, 5) is 4.29. The molecule has 4 nitrogen and oxygen atoms in total. The second kappa shape index (κ2) is 6.56. The van der Waals surface area contributed by atoms with Crippen LogP contribution in [0.15, 0.2) is 6.33 Å². The number of aromatic nitrogens is 3. The van der Waals surface area contributed by atoms with Crippen molar-refractivity contribution in [3.8, 4) is 0 Å². The summed E-state index contributed by atoms with van der Waals surface area (Å²) in [6.45, 7) is 5.35. The Balaban J connectivity index is 2.33. The molecule has 0 radical (unpaired) electrons. The van der Waals surface area contributed by atoms with E-state index < -0.39 is 0 Å². The van der Waals surface area contributed by atoms with E-state index in [-0.39, 0.29) is 0 Å². The summed E-state index contributed by atoms with van der Waals surface area (Å²) in [6, 6.07) is 0.590. The minimum Gasteiger partial charge on any atom is -0.317 e. The van der Waals surface area contributed by atoms with Crippen molar-refractivity contribution in [1.82, 2.24) is 20.1 Å². The topological polar surface area (TPSA) is 42.7 Å². The standard InChI is InChI=1S/C11H22N4/c1-4-8-15-11(13-9-14-15)7-5-6-10(2)12-3/h9-10,12H,4-8H2,1-3H3. The van der Waals surface area contributed by atoms with Gasteiger partial charge in [-0.2, -0.15) is 5.10 Å². The first kappa shape index (κ1) is 12.2. The van der Waals surface area contributed by atoms with Crippen molar-refractivity contribution in [3.63, 3.8) is 0 Å². The van der Waals surface area contributed by atoms with Gasteiger partial charge in [-0.1, -0.05) is 6.92 Å². The highest BCUT2D eigenvalue weighted by Gasteiger charge is 2.04. The number of aryl methyl sites for hydroxylation is 2. The maximum absolute atomic E-state index is 4.29. The maximum atomic E-state index is 4.29. The molecule has 0 aliphatic rings. The summed E-state index contributed by atoms with van der Waals surface area (Å²) in [5.41, 5.74) is 0. The lowest BCUT2D eigenvalue weighted by atomic mass is 10.1. The van der Waals surface area contributed by atoms with Crippen molar-refractivity contribution in [2.75, 3.05) is 7.05 Å². The molecule has 1 aromatic rings. The molecule has 0 saturated carbocycles. The molecule has 0 amide bonds. The summed E-state index contributed by atoms with van der Waals surface area (Å²) in [5, 5.41) is 7.46. The predicted molar refractivity (Wildman–Crippen MR) is 61.8 cm³/mol. The Bertz CT molecular complexity index is 269. The molecular weight excluding hydrogens is 188 g/mol. The third-order valence-electron chi connectivity index (χ3n) is 2.66. The smallest absolute Gasteiger partial charge is 0.138 e. The Morgan fingerprint density at radius 1 is 1.53 bits per heavy atom. The average Bonchev–Trinajstić information content (AvgIpc) is 2.66. The third kappa shape index (κ3) is 4.00. The van der Waals surface area contributed by atoms with Gasteiger partial charge in [-0.3, -0.25) is 4.68 Å². The van der Waals surface area contributed by atoms with Crippen LogP contribution in [0.3, 0.4) is 0 Å². The van der Waals surface area contributed by atoms with Gasteiger partial charge >= 0.3 is 0 Å². The molecule has 15 heavy (non-hydrogen) atoms. The van der Waals surface area contributed by atoms with Gasteiger partial charge in [0.25, 0.3) is 0 Å². The quantitative estimate of drug-likeness (QED) is 0.743. The van der Waals surface area contributed by atoms with Crippen LogP contribution in [-0.2, 0) is 13.0 Å². The predicted octanol–water partition coefficient (Wildman–Crippen LogP) is 1.62. The van der Waals surface area contributed by atoms with Gasteiger partial charge in [0.1, 0.15) is 12.2 Å². The molecule has 0 bridgehead atoms. The lowest BCUT2D eigenvalue weighted by molar-refractivity contribution is 0.515. The van der Waals surface area contributed by atoms with Gasteiger partial charge in [0, 0.05) is 19.0 Å². The molecular formula is C11H22N4. The highest BCUT2D eigenvalue weighted by Crippen LogP contribution is 2.04. The van der Waals surface area contributed by atoms with Gasteiger partial charge < -0.3 is 5.32 Å². The minimum absolute atomic E-state index is 0.590. The molecule has 0 spiro atoms. The Morgan fingerprint density at radius 3 is 3.00 bits per heavy atom. The first-order chi connectivity index (χ1) is 7.27. The highest BCUT2D eigenvalue weighted by molar-refractivity contribution is 4.84. The van der Waals surface area contributed by atoms with E-state index in [1.807, 2.05) is 11.7 Å². The van der Waals surface area contributed by atoms with Crippen LogP contribution in [0, 0.1) is 0 Å². The molecule has 4 heteroatoms. The lowest BCUT2D eigenvalue weighted by Crippen LogP contribution is -2.21. The monoisotopic (exact) mass is 210 g/mol. The maximum Gasteiger partial charge on any atom is 0.138 e. The molecule has 0 saturated heterocycles.